The summed E-state index contributed by atoms with van der Waals surface area (Å²) in [5.41, 5.74) is 11.6. The molecule has 0 radical (unpaired) electrons. The molecule has 4 atom stereocenters. The fraction of sp³-hybridized carbons (Fsp3) is 0.583. The summed E-state index contributed by atoms with van der Waals surface area (Å²) in [5.74, 6) is -3.10. The first-order valence-electron chi connectivity index (χ1n) is 12.4. The van der Waals surface area contributed by atoms with Crippen molar-refractivity contribution < 1.29 is 29.3 Å². The number of aliphatic imine (C=N–C) groups is 2. The Morgan fingerprint density at radius 2 is 2.05 bits per heavy atom. The Kier molecular flexibility index (Phi) is 6.16. The number of hydrogen-bond donors (Lipinski definition) is 7. The van der Waals surface area contributed by atoms with E-state index in [1.807, 2.05) is 6.07 Å². The molecule has 1 saturated heterocycles. The number of nitrogens with two attached hydrogens (primary N) is 2. The number of ether oxygens (including phenoxy) is 2. The predicted octanol–water partition coefficient (Wildman–Crippen LogP) is -2.72. The van der Waals surface area contributed by atoms with E-state index in [9.17, 15) is 19.8 Å². The van der Waals surface area contributed by atoms with E-state index in [-0.39, 0.29) is 42.9 Å². The Morgan fingerprint density at radius 1 is 1.29 bits per heavy atom. The third-order valence-corrected chi connectivity index (χ3v) is 7.85. The molecule has 0 aromatic heterocycles. The third kappa shape index (κ3) is 3.82. The van der Waals surface area contributed by atoms with Gasteiger partial charge in [-0.05, 0) is 17.9 Å². The molecule has 4 aliphatic rings. The molecule has 1 aromatic rings. The van der Waals surface area contributed by atoms with Crippen LogP contribution < -0.4 is 32.2 Å². The molecule has 5 rings (SSSR count). The number of hydrogen-bond acceptors (Lipinski definition) is 12. The van der Waals surface area contributed by atoms with Crippen LogP contribution in [0.25, 0.3) is 0 Å². The van der Waals surface area contributed by atoms with Crippen molar-refractivity contribution in [3.8, 4) is 5.75 Å². The van der Waals surface area contributed by atoms with Crippen molar-refractivity contribution in [3.05, 3.63) is 29.3 Å². The van der Waals surface area contributed by atoms with E-state index < -0.39 is 35.5 Å². The number of aliphatic hydroxyl groups is 2. The molecule has 2 amide bonds. The largest absolute Gasteiger partial charge is 0.492 e. The lowest BCUT2D eigenvalue weighted by molar-refractivity contribution is -0.230. The Labute approximate surface area is 219 Å². The molecular weight excluding hydrogens is 496 g/mol. The Morgan fingerprint density at radius 3 is 2.79 bits per heavy atom. The zero-order valence-corrected chi connectivity index (χ0v) is 21.5. The highest BCUT2D eigenvalue weighted by Gasteiger charge is 2.73. The number of carbonyl (C=O) groups is 2. The van der Waals surface area contributed by atoms with Crippen molar-refractivity contribution in [1.82, 2.24) is 20.9 Å². The van der Waals surface area contributed by atoms with Crippen LogP contribution in [0.5, 0.6) is 5.75 Å². The van der Waals surface area contributed by atoms with Crippen LogP contribution in [0, 0.1) is 0 Å². The van der Waals surface area contributed by atoms with Crippen molar-refractivity contribution in [2.75, 3.05) is 33.4 Å². The number of fused-ring (bicyclic) bond motifs is 1. The Hall–Kier alpha value is -3.62. The molecule has 1 aromatic carbocycles. The minimum absolute atomic E-state index is 0.00199. The van der Waals surface area contributed by atoms with Gasteiger partial charge in [-0.25, -0.2) is 9.98 Å². The molecule has 0 bridgehead atoms. The lowest BCUT2D eigenvalue weighted by atomic mass is 9.79. The molecule has 14 heteroatoms. The number of guanidine groups is 2. The summed E-state index contributed by atoms with van der Waals surface area (Å²) in [5, 5.41) is 31.5. The van der Waals surface area contributed by atoms with Crippen LogP contribution in [-0.2, 0) is 14.9 Å². The monoisotopic (exact) mass is 530 g/mol. The van der Waals surface area contributed by atoms with Gasteiger partial charge in [0.25, 0.3) is 5.91 Å². The average molecular weight is 531 g/mol. The second-order valence-corrected chi connectivity index (χ2v) is 10.7. The fourth-order valence-corrected chi connectivity index (χ4v) is 5.84. The molecule has 1 fully saturated rings. The second-order valence-electron chi connectivity index (χ2n) is 10.7. The first-order valence-corrected chi connectivity index (χ1v) is 12.4. The summed E-state index contributed by atoms with van der Waals surface area (Å²) in [4.78, 5) is 35.7. The van der Waals surface area contributed by atoms with Crippen molar-refractivity contribution in [2.24, 2.45) is 21.5 Å². The standard InChI is InChI=1S/C24H34N8O6/c1-22(2)7-8-38-17-12(5-4-6-13(17)22)19(34)29-15-10-32-21(26)28-14(9-27-16(33)11-37-3)18-23(32,24(15,35)36)31-20(25)30-18/h4-6,14-15,18,35-36H,7-11H2,1-3H3,(H2,26,28)(H,27,33)(H,29,34)(H3,25,30,31)/t14-,15?,18?,23?/m0/s1. The first-order chi connectivity index (χ1) is 17.9. The van der Waals surface area contributed by atoms with Gasteiger partial charge in [0.1, 0.15) is 24.4 Å². The molecule has 9 N–H and O–H groups in total. The highest BCUT2D eigenvalue weighted by molar-refractivity contribution is 5.98. The van der Waals surface area contributed by atoms with Gasteiger partial charge in [-0.15, -0.1) is 0 Å². The molecule has 0 aliphatic carbocycles. The van der Waals surface area contributed by atoms with Gasteiger partial charge in [0, 0.05) is 25.8 Å². The molecule has 4 heterocycles. The summed E-state index contributed by atoms with van der Waals surface area (Å²) in [6.07, 6.45) is 0.807. The minimum Gasteiger partial charge on any atom is -0.492 e. The van der Waals surface area contributed by atoms with Gasteiger partial charge >= 0.3 is 0 Å². The van der Waals surface area contributed by atoms with E-state index in [0.717, 1.165) is 12.0 Å². The van der Waals surface area contributed by atoms with Crippen molar-refractivity contribution in [3.63, 3.8) is 0 Å². The first kappa shape index (κ1) is 26.0. The SMILES string of the molecule is COCC(=O)NC[C@@H]1N=C(N)N2CC(NC(=O)c3cccc4c3OCCC4(C)C)C(O)(O)C23NC(N)=NC13. The van der Waals surface area contributed by atoms with Crippen LogP contribution in [0.15, 0.2) is 28.2 Å². The van der Waals surface area contributed by atoms with Gasteiger partial charge in [-0.2, -0.15) is 0 Å². The lowest BCUT2D eigenvalue weighted by Crippen LogP contribution is -2.78. The maximum absolute atomic E-state index is 13.5. The topological polar surface area (TPSA) is 209 Å². The van der Waals surface area contributed by atoms with E-state index in [0.29, 0.717) is 17.9 Å². The van der Waals surface area contributed by atoms with Gasteiger partial charge in [-0.3, -0.25) is 9.59 Å². The van der Waals surface area contributed by atoms with Crippen molar-refractivity contribution in [2.45, 2.75) is 55.3 Å². The van der Waals surface area contributed by atoms with Crippen molar-refractivity contribution >= 4 is 23.7 Å². The molecule has 38 heavy (non-hydrogen) atoms. The molecule has 3 unspecified atom stereocenters. The predicted molar refractivity (Wildman–Crippen MR) is 136 cm³/mol. The molecule has 4 aliphatic heterocycles. The highest BCUT2D eigenvalue weighted by Crippen LogP contribution is 2.45. The number of methoxy groups -OCH3 is 1. The van der Waals surface area contributed by atoms with Crippen molar-refractivity contribution in [1.29, 1.82) is 0 Å². The number of carbonyl (C=O) groups excluding carboxylic acids is 2. The van der Waals surface area contributed by atoms with Gasteiger partial charge in [-0.1, -0.05) is 26.0 Å². The highest BCUT2D eigenvalue weighted by atomic mass is 16.5. The quantitative estimate of drug-likeness (QED) is 0.189. The second kappa shape index (κ2) is 8.99. The van der Waals surface area contributed by atoms with Crippen LogP contribution >= 0.6 is 0 Å². The number of benzene rings is 1. The van der Waals surface area contributed by atoms with Crippen LogP contribution in [0.4, 0.5) is 0 Å². The summed E-state index contributed by atoms with van der Waals surface area (Å²) < 4.78 is 10.7. The van der Waals surface area contributed by atoms with Crippen LogP contribution in [0.3, 0.4) is 0 Å². The van der Waals surface area contributed by atoms with Gasteiger partial charge in [0.15, 0.2) is 17.6 Å². The summed E-state index contributed by atoms with van der Waals surface area (Å²) in [6, 6.07) is 2.42. The van der Waals surface area contributed by atoms with Crippen LogP contribution in [-0.4, -0.2) is 102 Å². The van der Waals surface area contributed by atoms with Crippen LogP contribution in [0.1, 0.15) is 36.2 Å². The molecule has 0 saturated carbocycles. The molecular formula is C24H34N8O6. The molecule has 14 nitrogen and oxygen atoms in total. The molecule has 206 valence electrons. The zero-order chi connectivity index (χ0) is 27.5. The summed E-state index contributed by atoms with van der Waals surface area (Å²) >= 11 is 0. The van der Waals surface area contributed by atoms with E-state index in [1.54, 1.807) is 12.1 Å². The van der Waals surface area contributed by atoms with E-state index >= 15 is 0 Å². The van der Waals surface area contributed by atoms with E-state index in [1.165, 1.54) is 12.0 Å². The summed E-state index contributed by atoms with van der Waals surface area (Å²) in [7, 11) is 1.40. The number of para-hydroxylation sites is 1. The lowest BCUT2D eigenvalue weighted by Gasteiger charge is -2.49. The Balaban J connectivity index is 1.43. The smallest absolute Gasteiger partial charge is 0.255 e. The van der Waals surface area contributed by atoms with E-state index in [2.05, 4.69) is 39.8 Å². The van der Waals surface area contributed by atoms with Crippen LogP contribution in [0.2, 0.25) is 0 Å². The third-order valence-electron chi connectivity index (χ3n) is 7.85. The van der Waals surface area contributed by atoms with Gasteiger partial charge in [0.05, 0.1) is 18.2 Å². The Bertz CT molecular complexity index is 1220. The van der Waals surface area contributed by atoms with Gasteiger partial charge in [0.2, 0.25) is 11.7 Å². The number of rotatable bonds is 6. The number of nitrogens with one attached hydrogen (secondary N) is 3. The minimum atomic E-state index is -2.59. The fourth-order valence-electron chi connectivity index (χ4n) is 5.84. The zero-order valence-electron chi connectivity index (χ0n) is 21.5. The number of nitrogens with zero attached hydrogens (tertiary/aromatic N) is 3. The maximum atomic E-state index is 13.5. The maximum Gasteiger partial charge on any atom is 0.255 e. The molecule has 1 spiro atoms. The van der Waals surface area contributed by atoms with E-state index in [4.69, 9.17) is 20.9 Å². The van der Waals surface area contributed by atoms with Gasteiger partial charge < -0.3 is 52.0 Å². The summed E-state index contributed by atoms with van der Waals surface area (Å²) in [6.45, 7) is 4.39. The average Bonchev–Trinajstić information content (AvgIpc) is 3.32. The number of amides is 2. The normalized spacial score (nSPS) is 30.0.